The Hall–Kier alpha value is -1.81. The standard InChI is InChI=1S/C19H20BrN3O3S2/c1-13-4-5-14(12-17(13)20)18(24)22-19(27)21-15-6-8-16(9-7-15)28(25,26)23-10-2-3-11-23/h4-9,12H,2-3,10-11H2,1H3,(H2,21,22,24,27). The Bertz CT molecular complexity index is 1000. The van der Waals surface area contributed by atoms with Crippen LogP contribution in [0.1, 0.15) is 28.8 Å². The minimum absolute atomic E-state index is 0.136. The Morgan fingerprint density at radius 2 is 1.75 bits per heavy atom. The smallest absolute Gasteiger partial charge is 0.257 e. The van der Waals surface area contributed by atoms with Gasteiger partial charge in [0.05, 0.1) is 4.90 Å². The quantitative estimate of drug-likeness (QED) is 0.651. The first-order valence-electron chi connectivity index (χ1n) is 8.76. The molecule has 1 aliphatic heterocycles. The lowest BCUT2D eigenvalue weighted by Gasteiger charge is -2.16. The molecule has 0 unspecified atom stereocenters. The van der Waals surface area contributed by atoms with Gasteiger partial charge in [-0.05, 0) is 73.9 Å². The van der Waals surface area contributed by atoms with Gasteiger partial charge in [0.2, 0.25) is 10.0 Å². The Balaban J connectivity index is 1.62. The van der Waals surface area contributed by atoms with Crippen LogP contribution < -0.4 is 10.6 Å². The summed E-state index contributed by atoms with van der Waals surface area (Å²) in [7, 11) is -3.45. The summed E-state index contributed by atoms with van der Waals surface area (Å²) in [6.45, 7) is 3.06. The van der Waals surface area contributed by atoms with E-state index < -0.39 is 10.0 Å². The van der Waals surface area contributed by atoms with Crippen molar-refractivity contribution in [2.45, 2.75) is 24.7 Å². The monoisotopic (exact) mass is 481 g/mol. The van der Waals surface area contributed by atoms with Crippen molar-refractivity contribution in [2.24, 2.45) is 0 Å². The number of aryl methyl sites for hydroxylation is 1. The van der Waals surface area contributed by atoms with Crippen molar-refractivity contribution in [3.05, 3.63) is 58.1 Å². The molecule has 28 heavy (non-hydrogen) atoms. The van der Waals surface area contributed by atoms with E-state index in [0.717, 1.165) is 22.9 Å². The SMILES string of the molecule is Cc1ccc(C(=O)NC(=S)Nc2ccc(S(=O)(=O)N3CCCC3)cc2)cc1Br. The predicted octanol–water partition coefficient (Wildman–Crippen LogP) is 3.67. The fourth-order valence-corrected chi connectivity index (χ4v) is 4.97. The average Bonchev–Trinajstić information content (AvgIpc) is 3.20. The van der Waals surface area contributed by atoms with E-state index in [4.69, 9.17) is 12.2 Å². The lowest BCUT2D eigenvalue weighted by Crippen LogP contribution is -2.34. The number of amides is 1. The van der Waals surface area contributed by atoms with Crippen LogP contribution in [-0.4, -0.2) is 36.8 Å². The lowest BCUT2D eigenvalue weighted by atomic mass is 10.1. The summed E-state index contributed by atoms with van der Waals surface area (Å²) < 4.78 is 27.4. The number of nitrogens with one attached hydrogen (secondary N) is 2. The fraction of sp³-hybridized carbons (Fsp3) is 0.263. The van der Waals surface area contributed by atoms with E-state index in [1.165, 1.54) is 16.4 Å². The first kappa shape index (κ1) is 20.9. The number of nitrogens with zero attached hydrogens (tertiary/aromatic N) is 1. The maximum atomic E-state index is 12.5. The van der Waals surface area contributed by atoms with Crippen molar-refractivity contribution < 1.29 is 13.2 Å². The Morgan fingerprint density at radius 1 is 1.11 bits per heavy atom. The highest BCUT2D eigenvalue weighted by Crippen LogP contribution is 2.22. The van der Waals surface area contributed by atoms with E-state index in [2.05, 4.69) is 26.6 Å². The van der Waals surface area contributed by atoms with Gasteiger partial charge in [-0.15, -0.1) is 0 Å². The van der Waals surface area contributed by atoms with Gasteiger partial charge in [-0.2, -0.15) is 4.31 Å². The Kier molecular flexibility index (Phi) is 6.49. The van der Waals surface area contributed by atoms with Gasteiger partial charge in [-0.3, -0.25) is 10.1 Å². The summed E-state index contributed by atoms with van der Waals surface area (Å²) in [4.78, 5) is 12.5. The van der Waals surface area contributed by atoms with Crippen molar-refractivity contribution in [1.29, 1.82) is 0 Å². The second-order valence-electron chi connectivity index (χ2n) is 6.51. The molecule has 0 radical (unpaired) electrons. The molecule has 1 fully saturated rings. The van der Waals surface area contributed by atoms with Crippen LogP contribution >= 0.6 is 28.1 Å². The zero-order valence-electron chi connectivity index (χ0n) is 15.2. The van der Waals surface area contributed by atoms with E-state index in [1.54, 1.807) is 24.3 Å². The number of thiocarbonyl (C=S) groups is 1. The van der Waals surface area contributed by atoms with Crippen LogP contribution in [0.2, 0.25) is 0 Å². The maximum absolute atomic E-state index is 12.5. The highest BCUT2D eigenvalue weighted by molar-refractivity contribution is 9.10. The molecule has 0 aromatic heterocycles. The molecule has 1 heterocycles. The van der Waals surface area contributed by atoms with Crippen molar-refractivity contribution in [3.8, 4) is 0 Å². The number of sulfonamides is 1. The van der Waals surface area contributed by atoms with Gasteiger partial charge in [0.1, 0.15) is 0 Å². The summed E-state index contributed by atoms with van der Waals surface area (Å²) in [5.41, 5.74) is 2.10. The largest absolute Gasteiger partial charge is 0.332 e. The molecular weight excluding hydrogens is 462 g/mol. The highest BCUT2D eigenvalue weighted by atomic mass is 79.9. The first-order valence-corrected chi connectivity index (χ1v) is 11.4. The van der Waals surface area contributed by atoms with Gasteiger partial charge in [0, 0.05) is 28.8 Å². The van der Waals surface area contributed by atoms with E-state index in [0.29, 0.717) is 24.3 Å². The van der Waals surface area contributed by atoms with Crippen LogP contribution in [0.3, 0.4) is 0 Å². The second-order valence-corrected chi connectivity index (χ2v) is 9.71. The van der Waals surface area contributed by atoms with Gasteiger partial charge < -0.3 is 5.32 Å². The number of halogens is 1. The first-order chi connectivity index (χ1) is 13.3. The number of hydrogen-bond acceptors (Lipinski definition) is 4. The molecule has 0 aliphatic carbocycles. The van der Waals surface area contributed by atoms with Gasteiger partial charge in [0.15, 0.2) is 5.11 Å². The van der Waals surface area contributed by atoms with Crippen molar-refractivity contribution in [1.82, 2.24) is 9.62 Å². The molecule has 6 nitrogen and oxygen atoms in total. The molecule has 2 aromatic rings. The summed E-state index contributed by atoms with van der Waals surface area (Å²) >= 11 is 8.58. The van der Waals surface area contributed by atoms with Gasteiger partial charge in [0.25, 0.3) is 5.91 Å². The second kappa shape index (κ2) is 8.69. The molecule has 1 aliphatic rings. The molecule has 0 bridgehead atoms. The van der Waals surface area contributed by atoms with Crippen LogP contribution in [0.25, 0.3) is 0 Å². The van der Waals surface area contributed by atoms with E-state index in [-0.39, 0.29) is 15.9 Å². The van der Waals surface area contributed by atoms with Crippen molar-refractivity contribution in [3.63, 3.8) is 0 Å². The molecule has 0 spiro atoms. The zero-order valence-corrected chi connectivity index (χ0v) is 18.5. The Morgan fingerprint density at radius 3 is 2.36 bits per heavy atom. The number of hydrogen-bond donors (Lipinski definition) is 2. The zero-order chi connectivity index (χ0) is 20.3. The van der Waals surface area contributed by atoms with E-state index >= 15 is 0 Å². The van der Waals surface area contributed by atoms with Crippen LogP contribution in [0, 0.1) is 6.92 Å². The number of carbonyl (C=O) groups excluding carboxylic acids is 1. The normalized spacial score (nSPS) is 14.6. The van der Waals surface area contributed by atoms with Crippen LogP contribution in [0.15, 0.2) is 51.8 Å². The molecule has 0 saturated carbocycles. The minimum Gasteiger partial charge on any atom is -0.332 e. The molecule has 1 saturated heterocycles. The summed E-state index contributed by atoms with van der Waals surface area (Å²) in [5.74, 6) is -0.327. The topological polar surface area (TPSA) is 78.5 Å². The van der Waals surface area contributed by atoms with Crippen molar-refractivity contribution >= 4 is 54.9 Å². The fourth-order valence-electron chi connectivity index (χ4n) is 2.86. The lowest BCUT2D eigenvalue weighted by molar-refractivity contribution is 0.0977. The third-order valence-electron chi connectivity index (χ3n) is 4.48. The average molecular weight is 482 g/mol. The molecule has 3 rings (SSSR count). The molecule has 2 N–H and O–H groups in total. The van der Waals surface area contributed by atoms with Crippen molar-refractivity contribution in [2.75, 3.05) is 18.4 Å². The van der Waals surface area contributed by atoms with Crippen LogP contribution in [0.5, 0.6) is 0 Å². The minimum atomic E-state index is -3.45. The molecule has 9 heteroatoms. The molecule has 0 atom stereocenters. The summed E-state index contributed by atoms with van der Waals surface area (Å²) in [5, 5.41) is 5.65. The third kappa shape index (κ3) is 4.78. The maximum Gasteiger partial charge on any atom is 0.257 e. The highest BCUT2D eigenvalue weighted by Gasteiger charge is 2.26. The van der Waals surface area contributed by atoms with Gasteiger partial charge in [-0.25, -0.2) is 8.42 Å². The van der Waals surface area contributed by atoms with Gasteiger partial charge in [-0.1, -0.05) is 22.0 Å². The molecule has 1 amide bonds. The van der Waals surface area contributed by atoms with Crippen LogP contribution in [-0.2, 0) is 10.0 Å². The summed E-state index contributed by atoms with van der Waals surface area (Å²) in [6.07, 6.45) is 1.79. The third-order valence-corrected chi connectivity index (χ3v) is 7.45. The molecule has 2 aromatic carbocycles. The van der Waals surface area contributed by atoms with E-state index in [1.807, 2.05) is 13.0 Å². The Labute approximate surface area is 178 Å². The number of benzene rings is 2. The predicted molar refractivity (Wildman–Crippen MR) is 117 cm³/mol. The molecular formula is C19H20BrN3O3S2. The van der Waals surface area contributed by atoms with E-state index in [9.17, 15) is 13.2 Å². The molecule has 148 valence electrons. The number of anilines is 1. The van der Waals surface area contributed by atoms with Crippen LogP contribution in [0.4, 0.5) is 5.69 Å². The number of rotatable bonds is 4. The summed E-state index contributed by atoms with van der Waals surface area (Å²) in [6, 6.07) is 11.6. The number of carbonyl (C=O) groups is 1. The van der Waals surface area contributed by atoms with Gasteiger partial charge >= 0.3 is 0 Å².